The molecule has 1 aromatic rings. The van der Waals surface area contributed by atoms with Crippen molar-refractivity contribution in [1.82, 2.24) is 10.2 Å². The van der Waals surface area contributed by atoms with Gasteiger partial charge in [0.05, 0.1) is 5.56 Å². The highest BCUT2D eigenvalue weighted by Crippen LogP contribution is 2.38. The third-order valence-electron chi connectivity index (χ3n) is 4.35. The number of alkyl halides is 3. The summed E-state index contributed by atoms with van der Waals surface area (Å²) in [6, 6.07) is 2.78. The van der Waals surface area contributed by atoms with E-state index in [1.807, 2.05) is 0 Å². The van der Waals surface area contributed by atoms with E-state index < -0.39 is 17.6 Å². The molecule has 1 N–H and O–H groups in total. The zero-order chi connectivity index (χ0) is 16.9. The topological polar surface area (TPSA) is 15.3 Å². The van der Waals surface area contributed by atoms with Crippen LogP contribution in [0.4, 0.5) is 17.6 Å². The number of hydrogen-bond donors (Lipinski definition) is 1. The Balaban J connectivity index is 0.00000288. The zero-order valence-electron chi connectivity index (χ0n) is 14.2. The first-order valence-electron chi connectivity index (χ1n) is 8.25. The maximum Gasteiger partial charge on any atom is 0.416 e. The van der Waals surface area contributed by atoms with Crippen LogP contribution in [0.3, 0.4) is 0 Å². The normalized spacial score (nSPS) is 16.7. The second-order valence-electron chi connectivity index (χ2n) is 6.03. The Hall–Kier alpha value is -0.560. The molecule has 0 amide bonds. The number of nitrogens with zero attached hydrogens (tertiary/aromatic N) is 1. The molecule has 2 rings (SSSR count). The van der Waals surface area contributed by atoms with Gasteiger partial charge in [-0.2, -0.15) is 13.2 Å². The van der Waals surface area contributed by atoms with E-state index in [-0.39, 0.29) is 36.4 Å². The van der Waals surface area contributed by atoms with Crippen molar-refractivity contribution in [3.8, 4) is 0 Å². The lowest BCUT2D eigenvalue weighted by atomic mass is 9.93. The molecular formula is C17H26Cl2F4N2. The molecule has 146 valence electrons. The summed E-state index contributed by atoms with van der Waals surface area (Å²) in [4.78, 5) is 2.09. The number of nitrogens with one attached hydrogen (secondary N) is 1. The first-order valence-corrected chi connectivity index (χ1v) is 8.25. The predicted octanol–water partition coefficient (Wildman–Crippen LogP) is 5.21. The molecule has 1 fully saturated rings. The lowest BCUT2D eigenvalue weighted by Crippen LogP contribution is -2.45. The van der Waals surface area contributed by atoms with Crippen molar-refractivity contribution in [2.45, 2.75) is 44.8 Å². The summed E-state index contributed by atoms with van der Waals surface area (Å²) in [5, 5.41) is 3.22. The van der Waals surface area contributed by atoms with E-state index in [1.165, 1.54) is 6.07 Å². The van der Waals surface area contributed by atoms with Crippen LogP contribution in [-0.2, 0) is 6.18 Å². The summed E-state index contributed by atoms with van der Waals surface area (Å²) >= 11 is 0. The number of benzene rings is 1. The molecule has 1 saturated heterocycles. The molecule has 1 aromatic carbocycles. The van der Waals surface area contributed by atoms with Gasteiger partial charge in [0.25, 0.3) is 0 Å². The molecular weight excluding hydrogens is 379 g/mol. The quantitative estimate of drug-likeness (QED) is 0.516. The molecule has 0 spiro atoms. The summed E-state index contributed by atoms with van der Waals surface area (Å²) in [5.41, 5.74) is -0.630. The van der Waals surface area contributed by atoms with Gasteiger partial charge >= 0.3 is 6.18 Å². The minimum Gasteiger partial charge on any atom is -0.314 e. The van der Waals surface area contributed by atoms with Crippen LogP contribution in [0.25, 0.3) is 0 Å². The average Bonchev–Trinajstić information content (AvgIpc) is 2.52. The summed E-state index contributed by atoms with van der Waals surface area (Å²) in [7, 11) is 0. The Kier molecular flexibility index (Phi) is 11.0. The summed E-state index contributed by atoms with van der Waals surface area (Å²) in [5.74, 6) is -0.839. The molecule has 1 aliphatic heterocycles. The second-order valence-corrected chi connectivity index (χ2v) is 6.03. The van der Waals surface area contributed by atoms with E-state index in [0.717, 1.165) is 38.4 Å². The van der Waals surface area contributed by atoms with Gasteiger partial charge in [0, 0.05) is 32.2 Å². The van der Waals surface area contributed by atoms with Crippen molar-refractivity contribution < 1.29 is 17.6 Å². The first-order chi connectivity index (χ1) is 10.9. The van der Waals surface area contributed by atoms with Crippen molar-refractivity contribution in [1.29, 1.82) is 0 Å². The van der Waals surface area contributed by atoms with Gasteiger partial charge < -0.3 is 5.32 Å². The molecule has 0 bridgehead atoms. The van der Waals surface area contributed by atoms with Crippen molar-refractivity contribution >= 4 is 24.8 Å². The van der Waals surface area contributed by atoms with Crippen molar-refractivity contribution in [2.24, 2.45) is 0 Å². The van der Waals surface area contributed by atoms with Gasteiger partial charge in [-0.25, -0.2) is 4.39 Å². The van der Waals surface area contributed by atoms with Gasteiger partial charge in [0.1, 0.15) is 5.82 Å². The number of halogens is 6. The SMILES string of the molecule is CCCCC[C@H](c1ccc(F)cc1C(F)(F)F)N1CCNCC1.Cl.Cl. The summed E-state index contributed by atoms with van der Waals surface area (Å²) in [6.45, 7) is 5.04. The fourth-order valence-corrected chi connectivity index (χ4v) is 3.18. The summed E-state index contributed by atoms with van der Waals surface area (Å²) < 4.78 is 53.4. The van der Waals surface area contributed by atoms with Crippen molar-refractivity contribution in [3.63, 3.8) is 0 Å². The molecule has 0 aromatic heterocycles. The monoisotopic (exact) mass is 404 g/mol. The van der Waals surface area contributed by atoms with Crippen LogP contribution in [0.5, 0.6) is 0 Å². The van der Waals surface area contributed by atoms with E-state index in [0.29, 0.717) is 25.6 Å². The molecule has 25 heavy (non-hydrogen) atoms. The van der Waals surface area contributed by atoms with Crippen LogP contribution in [0.1, 0.15) is 49.8 Å². The van der Waals surface area contributed by atoms with E-state index in [4.69, 9.17) is 0 Å². The minimum absolute atomic E-state index is 0. The van der Waals surface area contributed by atoms with Gasteiger partial charge in [-0.05, 0) is 24.1 Å². The van der Waals surface area contributed by atoms with Crippen LogP contribution >= 0.6 is 24.8 Å². The Morgan fingerprint density at radius 1 is 1.12 bits per heavy atom. The molecule has 1 heterocycles. The van der Waals surface area contributed by atoms with E-state index in [2.05, 4.69) is 17.1 Å². The van der Waals surface area contributed by atoms with Crippen LogP contribution in [-0.4, -0.2) is 31.1 Å². The Bertz CT molecular complexity index is 506. The minimum atomic E-state index is -4.53. The van der Waals surface area contributed by atoms with Crippen molar-refractivity contribution in [3.05, 3.63) is 35.1 Å². The highest BCUT2D eigenvalue weighted by molar-refractivity contribution is 5.85. The standard InChI is InChI=1S/C17H24F4N2.2ClH/c1-2-3-4-5-16(23-10-8-22-9-11-23)14-7-6-13(18)12-15(14)17(19,20)21;;/h6-7,12,16,22H,2-5,8-11H2,1H3;2*1H/t16-;;/m1../s1. The Morgan fingerprint density at radius 2 is 1.76 bits per heavy atom. The number of unbranched alkanes of at least 4 members (excludes halogenated alkanes) is 2. The van der Waals surface area contributed by atoms with Gasteiger partial charge in [0.2, 0.25) is 0 Å². The first kappa shape index (κ1) is 24.4. The average molecular weight is 405 g/mol. The Labute approximate surface area is 159 Å². The smallest absolute Gasteiger partial charge is 0.314 e. The molecule has 0 radical (unpaired) electrons. The highest BCUT2D eigenvalue weighted by atomic mass is 35.5. The lowest BCUT2D eigenvalue weighted by molar-refractivity contribution is -0.139. The fourth-order valence-electron chi connectivity index (χ4n) is 3.18. The van der Waals surface area contributed by atoms with Gasteiger partial charge in [-0.3, -0.25) is 4.90 Å². The zero-order valence-corrected chi connectivity index (χ0v) is 15.9. The second kappa shape index (κ2) is 11.2. The third kappa shape index (κ3) is 6.93. The highest BCUT2D eigenvalue weighted by Gasteiger charge is 2.37. The predicted molar refractivity (Wildman–Crippen MR) is 97.2 cm³/mol. The maximum absolute atomic E-state index is 13.4. The van der Waals surface area contributed by atoms with E-state index in [1.54, 1.807) is 0 Å². The van der Waals surface area contributed by atoms with Gasteiger partial charge in [0.15, 0.2) is 0 Å². The van der Waals surface area contributed by atoms with Crippen LogP contribution < -0.4 is 5.32 Å². The van der Waals surface area contributed by atoms with Crippen LogP contribution in [0.2, 0.25) is 0 Å². The van der Waals surface area contributed by atoms with Gasteiger partial charge in [-0.15, -0.1) is 24.8 Å². The van der Waals surface area contributed by atoms with Crippen LogP contribution in [0.15, 0.2) is 18.2 Å². The van der Waals surface area contributed by atoms with Crippen LogP contribution in [0, 0.1) is 5.82 Å². The fraction of sp³-hybridized carbons (Fsp3) is 0.647. The number of rotatable bonds is 6. The van der Waals surface area contributed by atoms with Crippen molar-refractivity contribution in [2.75, 3.05) is 26.2 Å². The molecule has 0 saturated carbocycles. The molecule has 0 aliphatic carbocycles. The lowest BCUT2D eigenvalue weighted by Gasteiger charge is -2.36. The molecule has 2 nitrogen and oxygen atoms in total. The van der Waals surface area contributed by atoms with E-state index >= 15 is 0 Å². The van der Waals surface area contributed by atoms with Gasteiger partial charge in [-0.1, -0.05) is 32.3 Å². The number of piperazine rings is 1. The maximum atomic E-state index is 13.4. The molecule has 8 heteroatoms. The third-order valence-corrected chi connectivity index (χ3v) is 4.35. The van der Waals surface area contributed by atoms with E-state index in [9.17, 15) is 17.6 Å². The molecule has 1 aliphatic rings. The largest absolute Gasteiger partial charge is 0.416 e. The molecule has 1 atom stereocenters. The molecule has 0 unspecified atom stereocenters. The Morgan fingerprint density at radius 3 is 2.32 bits per heavy atom. The summed E-state index contributed by atoms with van der Waals surface area (Å²) in [6.07, 6.45) is -0.980. The number of hydrogen-bond acceptors (Lipinski definition) is 2.